The van der Waals surface area contributed by atoms with Crippen molar-refractivity contribution >= 4 is 11.9 Å². The Morgan fingerprint density at radius 1 is 0.775 bits per heavy atom. The lowest BCUT2D eigenvalue weighted by Crippen LogP contribution is -2.62. The van der Waals surface area contributed by atoms with Gasteiger partial charge in [-0.2, -0.15) is 0 Å². The molecule has 0 amide bonds. The van der Waals surface area contributed by atoms with Crippen molar-refractivity contribution in [3.8, 4) is 0 Å². The van der Waals surface area contributed by atoms with E-state index in [2.05, 4.69) is 0 Å². The minimum Gasteiger partial charge on any atom is -0.478 e. The number of hydrogen-bond acceptors (Lipinski definition) is 13. The molecule has 2 fully saturated rings. The molecule has 220 valence electrons. The zero-order valence-electron chi connectivity index (χ0n) is 21.0. The van der Waals surface area contributed by atoms with Crippen molar-refractivity contribution in [3.05, 3.63) is 71.8 Å². The Hall–Kier alpha value is -3.02. The Morgan fingerprint density at radius 2 is 1.35 bits per heavy atom. The second-order valence-corrected chi connectivity index (χ2v) is 9.01. The van der Waals surface area contributed by atoms with Gasteiger partial charge in [-0.1, -0.05) is 36.4 Å². The summed E-state index contributed by atoms with van der Waals surface area (Å²) in [4.78, 5) is 22.3. The van der Waals surface area contributed by atoms with E-state index in [-0.39, 0.29) is 5.56 Å². The van der Waals surface area contributed by atoms with E-state index < -0.39 is 86.6 Å². The maximum atomic E-state index is 12.1. The predicted octanol–water partition coefficient (Wildman–Crippen LogP) is -2.15. The molecule has 2 aromatic carbocycles. The van der Waals surface area contributed by atoms with E-state index in [4.69, 9.17) is 24.1 Å². The number of carboxylic acids is 1. The summed E-state index contributed by atoms with van der Waals surface area (Å²) in [5.41, 5.74) is 0.574. The van der Waals surface area contributed by atoms with Crippen LogP contribution in [0.4, 0.5) is 0 Å². The number of hydrogen-bond donors (Lipinski definition) is 8. The molecule has 0 aromatic heterocycles. The number of ether oxygens (including phenoxy) is 4. The van der Waals surface area contributed by atoms with Gasteiger partial charge in [0.1, 0.15) is 55.9 Å². The summed E-state index contributed by atoms with van der Waals surface area (Å²) in [6.45, 7) is -2.21. The fourth-order valence-corrected chi connectivity index (χ4v) is 4.01. The molecule has 0 aliphatic carbocycles. The van der Waals surface area contributed by atoms with Gasteiger partial charge in [0.2, 0.25) is 5.79 Å². The molecular formula is C26H32O14. The van der Waals surface area contributed by atoms with Crippen LogP contribution < -0.4 is 0 Å². The van der Waals surface area contributed by atoms with Crippen molar-refractivity contribution in [2.75, 3.05) is 19.8 Å². The van der Waals surface area contributed by atoms with Crippen LogP contribution in [0.5, 0.6) is 0 Å². The molecule has 0 unspecified atom stereocenters. The summed E-state index contributed by atoms with van der Waals surface area (Å²) in [6.07, 6.45) is -13.1. The highest BCUT2D eigenvalue weighted by molar-refractivity contribution is 5.89. The summed E-state index contributed by atoms with van der Waals surface area (Å²) >= 11 is 0. The fraction of sp³-hybridized carbons (Fsp3) is 0.462. The molecule has 2 heterocycles. The number of aromatic carboxylic acids is 1. The molecule has 0 bridgehead atoms. The Balaban J connectivity index is 0.000000415. The van der Waals surface area contributed by atoms with Gasteiger partial charge < -0.3 is 59.8 Å². The van der Waals surface area contributed by atoms with Crippen LogP contribution in [0.3, 0.4) is 0 Å². The van der Waals surface area contributed by atoms with E-state index in [0.717, 1.165) is 0 Å². The quantitative estimate of drug-likeness (QED) is 0.159. The smallest absolute Gasteiger partial charge is 0.338 e. The second kappa shape index (κ2) is 14.0. The lowest BCUT2D eigenvalue weighted by molar-refractivity contribution is -0.383. The highest BCUT2D eigenvalue weighted by atomic mass is 16.8. The predicted molar refractivity (Wildman–Crippen MR) is 132 cm³/mol. The minimum absolute atomic E-state index is 0.243. The molecule has 8 N–H and O–H groups in total. The van der Waals surface area contributed by atoms with Crippen molar-refractivity contribution in [3.63, 3.8) is 0 Å². The van der Waals surface area contributed by atoms with E-state index in [9.17, 15) is 45.3 Å². The lowest BCUT2D eigenvalue weighted by atomic mass is 9.99. The molecule has 2 aliphatic heterocycles. The zero-order valence-corrected chi connectivity index (χ0v) is 21.0. The molecule has 2 saturated heterocycles. The van der Waals surface area contributed by atoms with Gasteiger partial charge in [0, 0.05) is 0 Å². The van der Waals surface area contributed by atoms with Gasteiger partial charge in [-0.05, 0) is 24.3 Å². The summed E-state index contributed by atoms with van der Waals surface area (Å²) in [6, 6.07) is 16.3. The fourth-order valence-electron chi connectivity index (χ4n) is 4.01. The van der Waals surface area contributed by atoms with Crippen molar-refractivity contribution in [1.82, 2.24) is 0 Å². The molecule has 0 radical (unpaired) electrons. The largest absolute Gasteiger partial charge is 0.478 e. The lowest BCUT2D eigenvalue weighted by Gasteiger charge is -2.43. The summed E-state index contributed by atoms with van der Waals surface area (Å²) in [5.74, 6) is -3.88. The van der Waals surface area contributed by atoms with E-state index in [0.29, 0.717) is 5.56 Å². The normalized spacial score (nSPS) is 33.5. The topological polar surface area (TPSA) is 233 Å². The van der Waals surface area contributed by atoms with Crippen LogP contribution in [0, 0.1) is 0 Å². The molecular weight excluding hydrogens is 536 g/mol. The molecule has 14 heteroatoms. The average Bonchev–Trinajstić information content (AvgIpc) is 3.22. The number of esters is 1. The first kappa shape index (κ1) is 31.5. The van der Waals surface area contributed by atoms with Crippen LogP contribution >= 0.6 is 0 Å². The number of aliphatic hydroxyl groups is 7. The molecule has 0 spiro atoms. The maximum absolute atomic E-state index is 12.1. The molecule has 2 aliphatic rings. The Labute approximate surface area is 228 Å². The Bertz CT molecular complexity index is 1090. The number of rotatable bonds is 8. The number of carbonyl (C=O) groups excluding carboxylic acids is 1. The minimum atomic E-state index is -2.29. The van der Waals surface area contributed by atoms with Crippen LogP contribution in [0.25, 0.3) is 0 Å². The maximum Gasteiger partial charge on any atom is 0.338 e. The summed E-state index contributed by atoms with van der Waals surface area (Å²) in [5, 5.41) is 78.1. The first-order valence-electron chi connectivity index (χ1n) is 12.2. The number of benzene rings is 2. The van der Waals surface area contributed by atoms with Gasteiger partial charge in [0.25, 0.3) is 0 Å². The molecule has 0 saturated carbocycles. The second-order valence-electron chi connectivity index (χ2n) is 9.01. The summed E-state index contributed by atoms with van der Waals surface area (Å²) in [7, 11) is 0. The third-order valence-corrected chi connectivity index (χ3v) is 6.30. The van der Waals surface area contributed by atoms with Crippen molar-refractivity contribution in [2.45, 2.75) is 54.8 Å². The summed E-state index contributed by atoms with van der Waals surface area (Å²) < 4.78 is 21.1. The third kappa shape index (κ3) is 7.18. The first-order valence-corrected chi connectivity index (χ1v) is 12.2. The highest BCUT2D eigenvalue weighted by Gasteiger charge is 2.58. The van der Waals surface area contributed by atoms with Gasteiger partial charge >= 0.3 is 11.9 Å². The van der Waals surface area contributed by atoms with E-state index in [1.54, 1.807) is 48.5 Å². The van der Waals surface area contributed by atoms with Crippen molar-refractivity contribution in [1.29, 1.82) is 0 Å². The molecule has 4 rings (SSSR count). The number of aliphatic hydroxyl groups excluding tert-OH is 7. The van der Waals surface area contributed by atoms with Crippen LogP contribution in [-0.2, 0) is 18.9 Å². The van der Waals surface area contributed by atoms with Crippen LogP contribution in [-0.4, -0.2) is 127 Å². The molecule has 40 heavy (non-hydrogen) atoms. The standard InChI is InChI=1S/C19H26O12.C7H6O2/c20-6-10-13(23)16(26)19(8-21,30-10)31-18-15(25)14(24)12(22)11(29-18)7-28-17(27)9-4-2-1-3-5-9;8-7(9)6-4-2-1-3-5-6/h1-5,10-16,18,20-26H,6-8H2;1-5H,(H,8,9)/t10-,11-,12-,13-,14+,15-,16+,18-,19+;/m1./s1. The van der Waals surface area contributed by atoms with Gasteiger partial charge in [0.15, 0.2) is 6.29 Å². The average molecular weight is 569 g/mol. The van der Waals surface area contributed by atoms with Crippen molar-refractivity contribution in [2.24, 2.45) is 0 Å². The van der Waals surface area contributed by atoms with Crippen molar-refractivity contribution < 1.29 is 69.4 Å². The van der Waals surface area contributed by atoms with Crippen LogP contribution in [0.1, 0.15) is 20.7 Å². The highest BCUT2D eigenvalue weighted by Crippen LogP contribution is 2.36. The zero-order chi connectivity index (χ0) is 29.4. The SMILES string of the molecule is O=C(O)c1ccccc1.O=C(OC[C@H]1O[C@H](O[C@]2(CO)O[C@H](CO)[C@@H](O)[C@@H]2O)[C@H](O)[C@@H](O)[C@@H]1O)c1ccccc1. The molecule has 9 atom stereocenters. The van der Waals surface area contributed by atoms with Gasteiger partial charge in [0.05, 0.1) is 17.7 Å². The van der Waals surface area contributed by atoms with Crippen LogP contribution in [0.15, 0.2) is 60.7 Å². The van der Waals surface area contributed by atoms with E-state index in [1.807, 2.05) is 0 Å². The van der Waals surface area contributed by atoms with E-state index in [1.165, 1.54) is 12.1 Å². The van der Waals surface area contributed by atoms with Gasteiger partial charge in [-0.25, -0.2) is 9.59 Å². The number of carboxylic acid groups (broad SMARTS) is 1. The number of carbonyl (C=O) groups is 2. The van der Waals surface area contributed by atoms with E-state index >= 15 is 0 Å². The molecule has 2 aromatic rings. The monoisotopic (exact) mass is 568 g/mol. The van der Waals surface area contributed by atoms with Gasteiger partial charge in [-0.3, -0.25) is 0 Å². The third-order valence-electron chi connectivity index (χ3n) is 6.30. The Kier molecular flexibility index (Phi) is 11.1. The van der Waals surface area contributed by atoms with Crippen LogP contribution in [0.2, 0.25) is 0 Å². The Morgan fingerprint density at radius 3 is 1.82 bits per heavy atom. The first-order chi connectivity index (χ1) is 19.0. The van der Waals surface area contributed by atoms with Gasteiger partial charge in [-0.15, -0.1) is 0 Å². The molecule has 14 nitrogen and oxygen atoms in total.